The molecule has 0 aliphatic carbocycles. The number of piperidine rings is 1. The number of halogens is 1. The van der Waals surface area contributed by atoms with E-state index in [9.17, 15) is 9.59 Å². The molecule has 0 spiro atoms. The maximum atomic E-state index is 12.5. The Morgan fingerprint density at radius 1 is 1.15 bits per heavy atom. The summed E-state index contributed by atoms with van der Waals surface area (Å²) in [6.45, 7) is 1.07. The summed E-state index contributed by atoms with van der Waals surface area (Å²) in [5.74, 6) is -0.658. The zero-order valence-electron chi connectivity index (χ0n) is 14.1. The molecule has 1 N–H and O–H groups in total. The summed E-state index contributed by atoms with van der Waals surface area (Å²) in [4.78, 5) is 37.2. The number of aromatic nitrogens is 3. The zero-order chi connectivity index (χ0) is 19.0. The highest BCUT2D eigenvalue weighted by Crippen LogP contribution is 2.31. The predicted octanol–water partition coefficient (Wildman–Crippen LogP) is 2.99. The minimum absolute atomic E-state index is 0.126. The van der Waals surface area contributed by atoms with Gasteiger partial charge >= 0.3 is 5.97 Å². The molecule has 9 heteroatoms. The van der Waals surface area contributed by atoms with Gasteiger partial charge in [0.1, 0.15) is 11.2 Å². The normalized spacial score (nSPS) is 15.2. The maximum absolute atomic E-state index is 12.5. The standard InChI is InChI=1S/C18H15ClN4O4/c19-11-1-2-15-12(7-11)22-16(27-15)10-3-5-23(6-4-10)17(24)13-8-21-14(9-20-13)18(25)26/h1-2,7-10H,3-6H2,(H,25,26). The Morgan fingerprint density at radius 3 is 2.52 bits per heavy atom. The van der Waals surface area contributed by atoms with Crippen molar-refractivity contribution in [2.75, 3.05) is 13.1 Å². The molecule has 2 aromatic heterocycles. The van der Waals surface area contributed by atoms with E-state index in [1.807, 2.05) is 0 Å². The van der Waals surface area contributed by atoms with E-state index in [4.69, 9.17) is 21.1 Å². The molecule has 27 heavy (non-hydrogen) atoms. The van der Waals surface area contributed by atoms with Crippen LogP contribution < -0.4 is 0 Å². The number of hydrogen-bond acceptors (Lipinski definition) is 6. The number of carbonyl (C=O) groups excluding carboxylic acids is 1. The Labute approximate surface area is 158 Å². The fraction of sp³-hybridized carbons (Fsp3) is 0.278. The largest absolute Gasteiger partial charge is 0.476 e. The van der Waals surface area contributed by atoms with Gasteiger partial charge in [-0.1, -0.05) is 11.6 Å². The zero-order valence-corrected chi connectivity index (χ0v) is 14.9. The van der Waals surface area contributed by atoms with E-state index in [1.54, 1.807) is 23.1 Å². The Morgan fingerprint density at radius 2 is 1.85 bits per heavy atom. The van der Waals surface area contributed by atoms with Crippen molar-refractivity contribution < 1.29 is 19.1 Å². The second kappa shape index (κ2) is 6.96. The number of carboxylic acids is 1. The minimum atomic E-state index is -1.18. The smallest absolute Gasteiger partial charge is 0.356 e. The lowest BCUT2D eigenvalue weighted by Crippen LogP contribution is -2.38. The number of likely N-dealkylation sites (tertiary alicyclic amines) is 1. The number of rotatable bonds is 3. The van der Waals surface area contributed by atoms with E-state index in [2.05, 4.69) is 15.0 Å². The molecule has 4 rings (SSSR count). The highest BCUT2D eigenvalue weighted by molar-refractivity contribution is 6.31. The molecule has 1 aromatic carbocycles. The minimum Gasteiger partial charge on any atom is -0.476 e. The highest BCUT2D eigenvalue weighted by atomic mass is 35.5. The van der Waals surface area contributed by atoms with E-state index in [1.165, 1.54) is 6.20 Å². The first-order valence-electron chi connectivity index (χ1n) is 8.42. The molecule has 1 fully saturated rings. The van der Waals surface area contributed by atoms with Crippen molar-refractivity contribution in [3.8, 4) is 0 Å². The first-order chi connectivity index (χ1) is 13.0. The molecule has 0 radical (unpaired) electrons. The molecule has 1 saturated heterocycles. The SMILES string of the molecule is O=C(O)c1cnc(C(=O)N2CCC(c3nc4cc(Cl)ccc4o3)CC2)cn1. The van der Waals surface area contributed by atoms with Crippen LogP contribution in [0.3, 0.4) is 0 Å². The summed E-state index contributed by atoms with van der Waals surface area (Å²) >= 11 is 5.98. The number of hydrogen-bond donors (Lipinski definition) is 1. The number of oxazole rings is 1. The van der Waals surface area contributed by atoms with Gasteiger partial charge in [-0.3, -0.25) is 4.79 Å². The van der Waals surface area contributed by atoms with Crippen LogP contribution in [-0.2, 0) is 0 Å². The van der Waals surface area contributed by atoms with Gasteiger partial charge in [-0.2, -0.15) is 0 Å². The molecule has 0 unspecified atom stereocenters. The lowest BCUT2D eigenvalue weighted by atomic mass is 9.96. The van der Waals surface area contributed by atoms with Crippen LogP contribution in [0.25, 0.3) is 11.1 Å². The number of benzene rings is 1. The molecule has 3 heterocycles. The van der Waals surface area contributed by atoms with Gasteiger partial charge < -0.3 is 14.4 Å². The lowest BCUT2D eigenvalue weighted by molar-refractivity contribution is 0.0677. The van der Waals surface area contributed by atoms with Crippen molar-refractivity contribution in [2.24, 2.45) is 0 Å². The van der Waals surface area contributed by atoms with Crippen LogP contribution in [0, 0.1) is 0 Å². The van der Waals surface area contributed by atoms with Crippen molar-refractivity contribution in [3.05, 3.63) is 52.9 Å². The van der Waals surface area contributed by atoms with Gasteiger partial charge in [0.25, 0.3) is 5.91 Å². The molecule has 1 aliphatic heterocycles. The van der Waals surface area contributed by atoms with Crippen molar-refractivity contribution in [1.29, 1.82) is 0 Å². The van der Waals surface area contributed by atoms with Crippen LogP contribution in [0.5, 0.6) is 0 Å². The lowest BCUT2D eigenvalue weighted by Gasteiger charge is -2.30. The summed E-state index contributed by atoms with van der Waals surface area (Å²) in [5.41, 5.74) is 1.36. The Balaban J connectivity index is 1.43. The number of carboxylic acid groups (broad SMARTS) is 1. The van der Waals surface area contributed by atoms with E-state index < -0.39 is 5.97 Å². The van der Waals surface area contributed by atoms with Crippen LogP contribution in [0.4, 0.5) is 0 Å². The van der Waals surface area contributed by atoms with Gasteiger partial charge in [0.15, 0.2) is 17.2 Å². The summed E-state index contributed by atoms with van der Waals surface area (Å²) < 4.78 is 5.83. The van der Waals surface area contributed by atoms with E-state index in [0.717, 1.165) is 11.7 Å². The second-order valence-electron chi connectivity index (χ2n) is 6.32. The van der Waals surface area contributed by atoms with Crippen LogP contribution in [0.2, 0.25) is 5.02 Å². The van der Waals surface area contributed by atoms with Crippen LogP contribution in [-0.4, -0.2) is 49.9 Å². The topological polar surface area (TPSA) is 109 Å². The Hall–Kier alpha value is -3.00. The van der Waals surface area contributed by atoms with Gasteiger partial charge in [-0.25, -0.2) is 19.7 Å². The summed E-state index contributed by atoms with van der Waals surface area (Å²) in [5, 5.41) is 9.46. The molecular weight excluding hydrogens is 372 g/mol. The van der Waals surface area contributed by atoms with Crippen molar-refractivity contribution in [2.45, 2.75) is 18.8 Å². The molecule has 138 valence electrons. The molecular formula is C18H15ClN4O4. The molecule has 0 saturated carbocycles. The number of amides is 1. The third kappa shape index (κ3) is 3.48. The number of nitrogens with zero attached hydrogens (tertiary/aromatic N) is 4. The van der Waals surface area contributed by atoms with E-state index in [-0.39, 0.29) is 23.2 Å². The third-order valence-electron chi connectivity index (χ3n) is 4.59. The number of fused-ring (bicyclic) bond motifs is 1. The molecule has 3 aromatic rings. The van der Waals surface area contributed by atoms with Gasteiger partial charge in [-0.05, 0) is 31.0 Å². The van der Waals surface area contributed by atoms with Crippen LogP contribution in [0.1, 0.15) is 45.6 Å². The van der Waals surface area contributed by atoms with E-state index in [0.29, 0.717) is 42.4 Å². The van der Waals surface area contributed by atoms with Gasteiger partial charge in [0, 0.05) is 24.0 Å². The Bertz CT molecular complexity index is 1010. The molecule has 8 nitrogen and oxygen atoms in total. The fourth-order valence-corrected chi connectivity index (χ4v) is 3.30. The average molecular weight is 387 g/mol. The third-order valence-corrected chi connectivity index (χ3v) is 4.82. The summed E-state index contributed by atoms with van der Waals surface area (Å²) in [6, 6.07) is 5.32. The first-order valence-corrected chi connectivity index (χ1v) is 8.79. The molecule has 1 aliphatic rings. The van der Waals surface area contributed by atoms with Crippen LogP contribution in [0.15, 0.2) is 35.0 Å². The van der Waals surface area contributed by atoms with Crippen molar-refractivity contribution in [1.82, 2.24) is 19.9 Å². The number of carbonyl (C=O) groups is 2. The quantitative estimate of drug-likeness (QED) is 0.736. The van der Waals surface area contributed by atoms with Gasteiger partial charge in [0.05, 0.1) is 12.4 Å². The molecule has 1 amide bonds. The first kappa shape index (κ1) is 17.4. The molecule has 0 atom stereocenters. The average Bonchev–Trinajstić information content (AvgIpc) is 3.11. The van der Waals surface area contributed by atoms with Gasteiger partial charge in [0.2, 0.25) is 0 Å². The van der Waals surface area contributed by atoms with Crippen molar-refractivity contribution >= 4 is 34.6 Å². The molecule has 0 bridgehead atoms. The second-order valence-corrected chi connectivity index (χ2v) is 6.76. The number of aromatic carboxylic acids is 1. The van der Waals surface area contributed by atoms with Crippen molar-refractivity contribution in [3.63, 3.8) is 0 Å². The summed E-state index contributed by atoms with van der Waals surface area (Å²) in [7, 11) is 0. The van der Waals surface area contributed by atoms with E-state index >= 15 is 0 Å². The summed E-state index contributed by atoms with van der Waals surface area (Å²) in [6.07, 6.45) is 3.72. The fourth-order valence-electron chi connectivity index (χ4n) is 3.13. The maximum Gasteiger partial charge on any atom is 0.356 e. The van der Waals surface area contributed by atoms with Gasteiger partial charge in [-0.15, -0.1) is 0 Å². The van der Waals surface area contributed by atoms with Crippen LogP contribution >= 0.6 is 11.6 Å². The highest BCUT2D eigenvalue weighted by Gasteiger charge is 2.28. The Kier molecular flexibility index (Phi) is 4.49. The predicted molar refractivity (Wildman–Crippen MR) is 95.9 cm³/mol. The monoisotopic (exact) mass is 386 g/mol.